The first-order valence-electron chi connectivity index (χ1n) is 10.1. The summed E-state index contributed by atoms with van der Waals surface area (Å²) in [4.78, 5) is 24.6. The summed E-state index contributed by atoms with van der Waals surface area (Å²) in [7, 11) is 0. The van der Waals surface area contributed by atoms with Gasteiger partial charge in [0.25, 0.3) is 0 Å². The maximum atomic E-state index is 12.4. The monoisotopic (exact) mass is 411 g/mol. The number of carbonyl (C=O) groups excluding carboxylic acids is 2. The molecule has 0 radical (unpaired) electrons. The molecule has 0 aliphatic heterocycles. The minimum atomic E-state index is -0.595. The van der Waals surface area contributed by atoms with Crippen molar-refractivity contribution in [3.05, 3.63) is 119 Å². The van der Waals surface area contributed by atoms with E-state index in [2.05, 4.69) is 5.32 Å². The smallest absolute Gasteiger partial charge is 0.331 e. The predicted octanol–water partition coefficient (Wildman–Crippen LogP) is 5.12. The molecule has 31 heavy (non-hydrogen) atoms. The van der Waals surface area contributed by atoms with E-state index < -0.39 is 12.1 Å². The van der Waals surface area contributed by atoms with Crippen LogP contribution in [0.15, 0.2) is 97.1 Å². The van der Waals surface area contributed by atoms with E-state index in [-0.39, 0.29) is 12.5 Å². The summed E-state index contributed by atoms with van der Waals surface area (Å²) in [6, 6.07) is 26.8. The molecule has 0 spiro atoms. The highest BCUT2D eigenvalue weighted by Gasteiger charge is 2.16. The molecule has 0 heterocycles. The zero-order valence-electron chi connectivity index (χ0n) is 17.4. The van der Waals surface area contributed by atoms with E-state index in [0.717, 1.165) is 22.3 Å². The molecular formula is C27H25NO3. The lowest BCUT2D eigenvalue weighted by molar-refractivity contribution is -0.143. The van der Waals surface area contributed by atoms with Gasteiger partial charge in [-0.15, -0.1) is 0 Å². The number of hydrogen-bond donors (Lipinski definition) is 1. The Balaban J connectivity index is 1.64. The Morgan fingerprint density at radius 2 is 1.35 bits per heavy atom. The largest absolute Gasteiger partial charge is 0.452 e. The summed E-state index contributed by atoms with van der Waals surface area (Å²) >= 11 is 0. The number of rotatable bonds is 8. The standard InChI is InChI=1S/C27H25NO3/c1-21-12-16-24(17-13-21)25(31-27(30)19-15-23-10-6-3-7-11-23)20-28-26(29)18-14-22-8-4-2-5-9-22/h2-19,25H,20H2,1H3,(H,28,29)/b18-14+,19-15+/t25-/m1/s1. The minimum absolute atomic E-state index is 0.173. The number of nitrogens with one attached hydrogen (secondary N) is 1. The van der Waals surface area contributed by atoms with Crippen LogP contribution in [0.5, 0.6) is 0 Å². The molecule has 3 aromatic rings. The van der Waals surface area contributed by atoms with E-state index in [1.54, 1.807) is 12.2 Å². The highest BCUT2D eigenvalue weighted by Crippen LogP contribution is 2.18. The van der Waals surface area contributed by atoms with E-state index in [1.807, 2.05) is 91.9 Å². The second-order valence-electron chi connectivity index (χ2n) is 7.07. The number of aryl methyl sites for hydroxylation is 1. The number of amides is 1. The molecule has 0 fully saturated rings. The molecule has 4 heteroatoms. The summed E-state index contributed by atoms with van der Waals surface area (Å²) in [5.41, 5.74) is 3.77. The molecule has 0 saturated heterocycles. The van der Waals surface area contributed by atoms with Crippen molar-refractivity contribution in [2.45, 2.75) is 13.0 Å². The van der Waals surface area contributed by atoms with Gasteiger partial charge in [0.2, 0.25) is 5.91 Å². The first-order chi connectivity index (χ1) is 15.1. The summed E-state index contributed by atoms with van der Waals surface area (Å²) in [5.74, 6) is -0.722. The molecule has 156 valence electrons. The maximum Gasteiger partial charge on any atom is 0.331 e. The highest BCUT2D eigenvalue weighted by atomic mass is 16.5. The third kappa shape index (κ3) is 7.44. The van der Waals surface area contributed by atoms with Crippen molar-refractivity contribution in [1.82, 2.24) is 5.32 Å². The normalized spacial score (nSPS) is 12.0. The number of hydrogen-bond acceptors (Lipinski definition) is 3. The number of benzene rings is 3. The fourth-order valence-corrected chi connectivity index (χ4v) is 2.90. The predicted molar refractivity (Wildman–Crippen MR) is 124 cm³/mol. The second kappa shape index (κ2) is 11.3. The third-order valence-corrected chi connectivity index (χ3v) is 4.61. The van der Waals surface area contributed by atoms with Crippen LogP contribution in [0.4, 0.5) is 0 Å². The Morgan fingerprint density at radius 1 is 0.806 bits per heavy atom. The van der Waals surface area contributed by atoms with Crippen molar-refractivity contribution in [3.8, 4) is 0 Å². The van der Waals surface area contributed by atoms with Crippen LogP contribution < -0.4 is 5.32 Å². The molecule has 0 aromatic heterocycles. The molecule has 0 bridgehead atoms. The second-order valence-corrected chi connectivity index (χ2v) is 7.07. The van der Waals surface area contributed by atoms with Gasteiger partial charge in [-0.2, -0.15) is 0 Å². The summed E-state index contributed by atoms with van der Waals surface area (Å²) in [6.45, 7) is 2.16. The molecular weight excluding hydrogens is 386 g/mol. The van der Waals surface area contributed by atoms with Crippen LogP contribution in [-0.4, -0.2) is 18.4 Å². The molecule has 1 N–H and O–H groups in total. The Morgan fingerprint density at radius 3 is 1.94 bits per heavy atom. The first-order valence-corrected chi connectivity index (χ1v) is 10.1. The number of carbonyl (C=O) groups is 2. The van der Waals surface area contributed by atoms with Gasteiger partial charge in [-0.3, -0.25) is 4.79 Å². The van der Waals surface area contributed by atoms with Gasteiger partial charge in [0.05, 0.1) is 6.54 Å². The molecule has 3 rings (SSSR count). The Hall–Kier alpha value is -3.92. The van der Waals surface area contributed by atoms with Crippen molar-refractivity contribution in [2.75, 3.05) is 6.54 Å². The van der Waals surface area contributed by atoms with Gasteiger partial charge in [0, 0.05) is 12.2 Å². The minimum Gasteiger partial charge on any atom is -0.452 e. The molecule has 0 aliphatic carbocycles. The fourth-order valence-electron chi connectivity index (χ4n) is 2.90. The lowest BCUT2D eigenvalue weighted by atomic mass is 10.1. The van der Waals surface area contributed by atoms with Gasteiger partial charge >= 0.3 is 5.97 Å². The zero-order chi connectivity index (χ0) is 21.9. The van der Waals surface area contributed by atoms with Gasteiger partial charge in [-0.25, -0.2) is 4.79 Å². The average Bonchev–Trinajstić information content (AvgIpc) is 2.81. The molecule has 0 saturated carbocycles. The van der Waals surface area contributed by atoms with Crippen molar-refractivity contribution >= 4 is 24.0 Å². The van der Waals surface area contributed by atoms with Crippen LogP contribution >= 0.6 is 0 Å². The lowest BCUT2D eigenvalue weighted by Gasteiger charge is -2.18. The molecule has 0 unspecified atom stereocenters. The van der Waals surface area contributed by atoms with Crippen molar-refractivity contribution in [2.24, 2.45) is 0 Å². The molecule has 0 aliphatic rings. The Kier molecular flexibility index (Phi) is 7.95. The maximum absolute atomic E-state index is 12.4. The quantitative estimate of drug-likeness (QED) is 0.413. The molecule has 3 aromatic carbocycles. The number of ether oxygens (including phenoxy) is 1. The summed E-state index contributed by atoms with van der Waals surface area (Å²) < 4.78 is 5.65. The van der Waals surface area contributed by atoms with Gasteiger partial charge in [0.15, 0.2) is 0 Å². The highest BCUT2D eigenvalue weighted by molar-refractivity contribution is 5.91. The lowest BCUT2D eigenvalue weighted by Crippen LogP contribution is -2.29. The SMILES string of the molecule is Cc1ccc([C@@H](CNC(=O)/C=C/c2ccccc2)OC(=O)/C=C/c2ccccc2)cc1. The van der Waals surface area contributed by atoms with E-state index in [9.17, 15) is 9.59 Å². The number of esters is 1. The van der Waals surface area contributed by atoms with Crippen molar-refractivity contribution < 1.29 is 14.3 Å². The summed E-state index contributed by atoms with van der Waals surface area (Å²) in [5, 5.41) is 2.82. The fraction of sp³-hybridized carbons (Fsp3) is 0.111. The third-order valence-electron chi connectivity index (χ3n) is 4.61. The van der Waals surface area contributed by atoms with Gasteiger partial charge in [0.1, 0.15) is 6.10 Å². The van der Waals surface area contributed by atoms with Crippen molar-refractivity contribution in [3.63, 3.8) is 0 Å². The van der Waals surface area contributed by atoms with Gasteiger partial charge in [-0.05, 0) is 35.8 Å². The van der Waals surface area contributed by atoms with E-state index >= 15 is 0 Å². The van der Waals surface area contributed by atoms with Gasteiger partial charge in [-0.1, -0.05) is 90.5 Å². The molecule has 1 atom stereocenters. The van der Waals surface area contributed by atoms with Crippen LogP contribution in [0.3, 0.4) is 0 Å². The Labute approximate surface area is 182 Å². The van der Waals surface area contributed by atoms with E-state index in [1.165, 1.54) is 12.2 Å². The topological polar surface area (TPSA) is 55.4 Å². The summed E-state index contributed by atoms with van der Waals surface area (Å²) in [6.07, 6.45) is 5.72. The van der Waals surface area contributed by atoms with Crippen LogP contribution in [-0.2, 0) is 14.3 Å². The zero-order valence-corrected chi connectivity index (χ0v) is 17.4. The van der Waals surface area contributed by atoms with Crippen LogP contribution in [0, 0.1) is 6.92 Å². The van der Waals surface area contributed by atoms with E-state index in [4.69, 9.17) is 4.74 Å². The molecule has 1 amide bonds. The van der Waals surface area contributed by atoms with Crippen LogP contribution in [0.1, 0.15) is 28.4 Å². The molecule has 4 nitrogen and oxygen atoms in total. The first kappa shape index (κ1) is 21.8. The van der Waals surface area contributed by atoms with Crippen LogP contribution in [0.25, 0.3) is 12.2 Å². The van der Waals surface area contributed by atoms with E-state index in [0.29, 0.717) is 0 Å². The Bertz CT molecular complexity index is 1040. The average molecular weight is 412 g/mol. The van der Waals surface area contributed by atoms with Gasteiger partial charge < -0.3 is 10.1 Å². The van der Waals surface area contributed by atoms with Crippen molar-refractivity contribution in [1.29, 1.82) is 0 Å². The van der Waals surface area contributed by atoms with Crippen LogP contribution in [0.2, 0.25) is 0 Å².